The lowest BCUT2D eigenvalue weighted by atomic mass is 10.6. The molecule has 1 aromatic heterocycles. The van der Waals surface area contributed by atoms with Crippen LogP contribution in [0.1, 0.15) is 5.82 Å². The van der Waals surface area contributed by atoms with Gasteiger partial charge >= 0.3 is 12.0 Å². The number of hydrogen-bond acceptors (Lipinski definition) is 6. The Hall–Kier alpha value is -2.12. The predicted molar refractivity (Wildman–Crippen MR) is 52.0 cm³/mol. The van der Waals surface area contributed by atoms with Gasteiger partial charge in [0, 0.05) is 6.92 Å². The molecule has 0 fully saturated rings. The quantitative estimate of drug-likeness (QED) is 0.432. The maximum Gasteiger partial charge on any atom is 0.508 e. The van der Waals surface area contributed by atoms with Crippen LogP contribution < -0.4 is 0 Å². The van der Waals surface area contributed by atoms with Crippen LogP contribution in [0.5, 0.6) is 0 Å². The molecule has 0 unspecified atom stereocenters. The van der Waals surface area contributed by atoms with Crippen LogP contribution in [-0.2, 0) is 16.0 Å². The summed E-state index contributed by atoms with van der Waals surface area (Å²) in [6.07, 6.45) is 0.341. The van der Waals surface area contributed by atoms with Gasteiger partial charge in [0.15, 0.2) is 5.82 Å². The lowest BCUT2D eigenvalue weighted by Crippen LogP contribution is -2.13. The first-order chi connectivity index (χ1) is 7.56. The highest BCUT2D eigenvalue weighted by Gasteiger charge is 2.17. The Morgan fingerprint density at radius 3 is 2.94 bits per heavy atom. The summed E-state index contributed by atoms with van der Waals surface area (Å²) in [7, 11) is 1.19. The van der Waals surface area contributed by atoms with Crippen LogP contribution in [0.3, 0.4) is 0 Å². The maximum atomic E-state index is 10.6. The van der Waals surface area contributed by atoms with E-state index < -0.39 is 11.1 Å². The standard InChI is InChI=1S/C8H11N3O5/c1-6-9-5-7(11(13)14)10(6)3-4-16-8(12)15-2/h5H,3-4H2,1-2H3. The monoisotopic (exact) mass is 229 g/mol. The lowest BCUT2D eigenvalue weighted by molar-refractivity contribution is -0.392. The first-order valence-corrected chi connectivity index (χ1v) is 4.43. The van der Waals surface area contributed by atoms with Gasteiger partial charge in [-0.05, 0) is 4.92 Å². The highest BCUT2D eigenvalue weighted by atomic mass is 16.7. The number of carbonyl (C=O) groups excluding carboxylic acids is 1. The average Bonchev–Trinajstić information content (AvgIpc) is 2.60. The molecule has 0 N–H and O–H groups in total. The topological polar surface area (TPSA) is 96.5 Å². The van der Waals surface area contributed by atoms with E-state index in [2.05, 4.69) is 14.5 Å². The van der Waals surface area contributed by atoms with Gasteiger partial charge in [-0.3, -0.25) is 0 Å². The smallest absolute Gasteiger partial charge is 0.438 e. The lowest BCUT2D eigenvalue weighted by Gasteiger charge is -2.03. The SMILES string of the molecule is COC(=O)OCCn1c([N+](=O)[O-])cnc1C. The number of imidazole rings is 1. The molecule has 0 bridgehead atoms. The number of nitro groups is 1. The fraction of sp³-hybridized carbons (Fsp3) is 0.500. The van der Waals surface area contributed by atoms with Gasteiger partial charge in [-0.15, -0.1) is 0 Å². The molecule has 0 aromatic carbocycles. The molecule has 0 radical (unpaired) electrons. The Morgan fingerprint density at radius 2 is 2.38 bits per heavy atom. The van der Waals surface area contributed by atoms with E-state index in [0.29, 0.717) is 5.82 Å². The Labute approximate surface area is 90.9 Å². The molecule has 0 spiro atoms. The van der Waals surface area contributed by atoms with Crippen molar-refractivity contribution in [3.05, 3.63) is 22.1 Å². The molecule has 0 aliphatic carbocycles. The molecule has 0 saturated carbocycles. The fourth-order valence-electron chi connectivity index (χ4n) is 1.16. The van der Waals surface area contributed by atoms with Gasteiger partial charge in [-0.25, -0.2) is 14.3 Å². The Kier molecular flexibility index (Phi) is 3.81. The van der Waals surface area contributed by atoms with Crippen LogP contribution in [0.25, 0.3) is 0 Å². The number of ether oxygens (including phenoxy) is 2. The van der Waals surface area contributed by atoms with E-state index in [0.717, 1.165) is 6.20 Å². The van der Waals surface area contributed by atoms with Crippen molar-refractivity contribution in [3.63, 3.8) is 0 Å². The number of nitrogens with zero attached hydrogens (tertiary/aromatic N) is 3. The minimum atomic E-state index is -0.819. The molecule has 0 saturated heterocycles. The molecule has 1 rings (SSSR count). The second-order valence-electron chi connectivity index (χ2n) is 2.87. The fourth-order valence-corrected chi connectivity index (χ4v) is 1.16. The van der Waals surface area contributed by atoms with E-state index >= 15 is 0 Å². The number of rotatable bonds is 4. The van der Waals surface area contributed by atoms with Crippen molar-refractivity contribution < 1.29 is 19.2 Å². The van der Waals surface area contributed by atoms with E-state index in [1.165, 1.54) is 11.7 Å². The molecule has 0 atom stereocenters. The number of hydrogen-bond donors (Lipinski definition) is 0. The highest BCUT2D eigenvalue weighted by Crippen LogP contribution is 2.12. The summed E-state index contributed by atoms with van der Waals surface area (Å²) < 4.78 is 10.2. The summed E-state index contributed by atoms with van der Waals surface area (Å²) in [5.74, 6) is 0.353. The number of aryl methyl sites for hydroxylation is 1. The third-order valence-electron chi connectivity index (χ3n) is 1.92. The Morgan fingerprint density at radius 1 is 1.69 bits per heavy atom. The molecule has 8 heteroatoms. The van der Waals surface area contributed by atoms with E-state index in [1.807, 2.05) is 0 Å². The number of aromatic nitrogens is 2. The molecule has 0 aliphatic heterocycles. The molecule has 0 amide bonds. The molecule has 88 valence electrons. The zero-order chi connectivity index (χ0) is 12.1. The van der Waals surface area contributed by atoms with Crippen LogP contribution in [0.15, 0.2) is 6.20 Å². The first-order valence-electron chi connectivity index (χ1n) is 4.43. The van der Waals surface area contributed by atoms with Crippen molar-refractivity contribution in [1.29, 1.82) is 0 Å². The summed E-state index contributed by atoms with van der Waals surface area (Å²) in [5, 5.41) is 10.6. The summed E-state index contributed by atoms with van der Waals surface area (Å²) in [5.41, 5.74) is 0. The first kappa shape index (κ1) is 12.0. The number of methoxy groups -OCH3 is 1. The van der Waals surface area contributed by atoms with Crippen molar-refractivity contribution in [3.8, 4) is 0 Å². The number of carbonyl (C=O) groups is 1. The zero-order valence-corrected chi connectivity index (χ0v) is 8.87. The van der Waals surface area contributed by atoms with Crippen molar-refractivity contribution >= 4 is 12.0 Å². The molecule has 8 nitrogen and oxygen atoms in total. The van der Waals surface area contributed by atoms with Gasteiger partial charge in [0.25, 0.3) is 0 Å². The van der Waals surface area contributed by atoms with Gasteiger partial charge < -0.3 is 19.6 Å². The molecule has 1 aromatic rings. The van der Waals surface area contributed by atoms with E-state index in [-0.39, 0.29) is 19.0 Å². The van der Waals surface area contributed by atoms with E-state index in [9.17, 15) is 14.9 Å². The van der Waals surface area contributed by atoms with Gasteiger partial charge in [-0.2, -0.15) is 0 Å². The van der Waals surface area contributed by atoms with Crippen molar-refractivity contribution in [1.82, 2.24) is 9.55 Å². The summed E-state index contributed by atoms with van der Waals surface area (Å²) in [6, 6.07) is 0. The van der Waals surface area contributed by atoms with Gasteiger partial charge in [0.2, 0.25) is 0 Å². The second-order valence-corrected chi connectivity index (χ2v) is 2.87. The average molecular weight is 229 g/mol. The van der Waals surface area contributed by atoms with Crippen LogP contribution in [0.2, 0.25) is 0 Å². The van der Waals surface area contributed by atoms with Crippen molar-refractivity contribution in [2.24, 2.45) is 0 Å². The second kappa shape index (κ2) is 5.10. The van der Waals surface area contributed by atoms with Crippen LogP contribution in [-0.4, -0.2) is 34.3 Å². The van der Waals surface area contributed by atoms with E-state index in [4.69, 9.17) is 0 Å². The van der Waals surface area contributed by atoms with Crippen LogP contribution >= 0.6 is 0 Å². The Balaban J connectivity index is 2.62. The molecular weight excluding hydrogens is 218 g/mol. The normalized spacial score (nSPS) is 9.88. The summed E-state index contributed by atoms with van der Waals surface area (Å²) in [4.78, 5) is 24.5. The minimum Gasteiger partial charge on any atom is -0.438 e. The van der Waals surface area contributed by atoms with Crippen molar-refractivity contribution in [2.45, 2.75) is 13.5 Å². The molecule has 16 heavy (non-hydrogen) atoms. The summed E-state index contributed by atoms with van der Waals surface area (Å²) in [6.45, 7) is 1.78. The molecule has 1 heterocycles. The third-order valence-corrected chi connectivity index (χ3v) is 1.92. The zero-order valence-electron chi connectivity index (χ0n) is 8.87. The highest BCUT2D eigenvalue weighted by molar-refractivity contribution is 5.59. The third kappa shape index (κ3) is 2.69. The van der Waals surface area contributed by atoms with Gasteiger partial charge in [0.05, 0.1) is 7.11 Å². The van der Waals surface area contributed by atoms with Gasteiger partial charge in [0.1, 0.15) is 19.3 Å². The largest absolute Gasteiger partial charge is 0.508 e. The van der Waals surface area contributed by atoms with Crippen molar-refractivity contribution in [2.75, 3.05) is 13.7 Å². The van der Waals surface area contributed by atoms with E-state index in [1.54, 1.807) is 6.92 Å². The Bertz CT molecular complexity index is 400. The minimum absolute atomic E-state index is 0.00921. The maximum absolute atomic E-state index is 10.6. The molecular formula is C8H11N3O5. The van der Waals surface area contributed by atoms with Gasteiger partial charge in [-0.1, -0.05) is 0 Å². The van der Waals surface area contributed by atoms with Crippen LogP contribution in [0, 0.1) is 17.0 Å². The summed E-state index contributed by atoms with van der Waals surface area (Å²) >= 11 is 0. The predicted octanol–water partition coefficient (Wildman–Crippen LogP) is 0.883. The molecule has 0 aliphatic rings. The van der Waals surface area contributed by atoms with Crippen LogP contribution in [0.4, 0.5) is 10.6 Å².